The van der Waals surface area contributed by atoms with E-state index in [4.69, 9.17) is 0 Å². The fourth-order valence-electron chi connectivity index (χ4n) is 0.264. The van der Waals surface area contributed by atoms with Crippen molar-refractivity contribution >= 4 is 29.0 Å². The van der Waals surface area contributed by atoms with Crippen LogP contribution in [0.25, 0.3) is 0 Å². The lowest BCUT2D eigenvalue weighted by molar-refractivity contribution is 0.603. The van der Waals surface area contributed by atoms with Crippen LogP contribution in [0.1, 0.15) is 0 Å². The monoisotopic (exact) mass is 193 g/mol. The first-order chi connectivity index (χ1) is 4.81. The van der Waals surface area contributed by atoms with E-state index in [1.165, 1.54) is 22.8 Å². The van der Waals surface area contributed by atoms with Gasteiger partial charge in [0.15, 0.2) is 0 Å². The quantitative estimate of drug-likeness (QED) is 0.475. The molecule has 0 aliphatic rings. The molecule has 0 heterocycles. The van der Waals surface area contributed by atoms with E-state index in [0.717, 1.165) is 11.5 Å². The van der Waals surface area contributed by atoms with Gasteiger partial charge in [-0.25, -0.2) is 0 Å². The molecular weight excluding hydrogens is 183 g/mol. The molecule has 0 unspecified atom stereocenters. The van der Waals surface area contributed by atoms with E-state index in [-0.39, 0.29) is 0 Å². The van der Waals surface area contributed by atoms with Gasteiger partial charge in [-0.3, -0.25) is 0 Å². The molecule has 0 fully saturated rings. The Morgan fingerprint density at radius 3 is 1.90 bits per heavy atom. The summed E-state index contributed by atoms with van der Waals surface area (Å²) in [6, 6.07) is 0. The van der Waals surface area contributed by atoms with Crippen LogP contribution < -0.4 is 0 Å². The maximum absolute atomic E-state index is 10.9. The lowest BCUT2D eigenvalue weighted by Crippen LogP contribution is -1.62. The van der Waals surface area contributed by atoms with Crippen molar-refractivity contribution in [1.29, 1.82) is 0 Å². The summed E-state index contributed by atoms with van der Waals surface area (Å²) in [5.41, 5.74) is 0. The van der Waals surface area contributed by atoms with Gasteiger partial charge in [-0.2, -0.15) is 0 Å². The van der Waals surface area contributed by atoms with Gasteiger partial charge >= 0.3 is 6.20 Å². The predicted molar refractivity (Wildman–Crippen MR) is 52.9 cm³/mol. The van der Waals surface area contributed by atoms with Crippen molar-refractivity contribution in [2.45, 2.75) is 0 Å². The summed E-state index contributed by atoms with van der Waals surface area (Å²) >= 11 is 2.85. The van der Waals surface area contributed by atoms with Gasteiger partial charge in [0, 0.05) is 0 Å². The van der Waals surface area contributed by atoms with Gasteiger partial charge in [0.05, 0.1) is 11.5 Å². The second-order valence-corrected chi connectivity index (χ2v) is 7.26. The summed E-state index contributed by atoms with van der Waals surface area (Å²) in [4.78, 5) is 0. The van der Waals surface area contributed by atoms with Crippen LogP contribution in [0.15, 0.2) is 25.3 Å². The second kappa shape index (κ2) is 7.39. The van der Waals surface area contributed by atoms with Crippen LogP contribution in [-0.2, 0) is 4.57 Å². The van der Waals surface area contributed by atoms with E-state index in [1.54, 1.807) is 12.2 Å². The fourth-order valence-corrected chi connectivity index (χ4v) is 4.15. The Balaban J connectivity index is 3.24. The summed E-state index contributed by atoms with van der Waals surface area (Å²) < 4.78 is 10.9. The van der Waals surface area contributed by atoms with Gasteiger partial charge in [0.2, 0.25) is 0 Å². The number of rotatable bonds is 6. The summed E-state index contributed by atoms with van der Waals surface area (Å²) in [5.74, 6) is 1.53. The van der Waals surface area contributed by atoms with Crippen molar-refractivity contribution in [3.8, 4) is 0 Å². The first-order valence-electron chi connectivity index (χ1n) is 2.76. The minimum atomic E-state index is -1.15. The van der Waals surface area contributed by atoms with Gasteiger partial charge in [-0.05, 0) is 4.57 Å². The molecule has 0 bridgehead atoms. The Bertz CT molecular complexity index is 122. The van der Waals surface area contributed by atoms with Crippen molar-refractivity contribution < 1.29 is 4.57 Å². The van der Waals surface area contributed by atoms with E-state index in [1.807, 2.05) is 0 Å². The molecule has 1 nitrogen and oxygen atoms in total. The minimum absolute atomic E-state index is 0.763. The molecule has 0 saturated carbocycles. The SMILES string of the molecule is C=CCS[P+](=O)SCC=C. The molecule has 0 aromatic carbocycles. The Labute approximate surface area is 70.6 Å². The number of hydrogen-bond acceptors (Lipinski definition) is 3. The molecule has 0 aromatic rings. The van der Waals surface area contributed by atoms with Crippen molar-refractivity contribution in [3.63, 3.8) is 0 Å². The Morgan fingerprint density at radius 2 is 1.60 bits per heavy atom. The number of hydrogen-bond donors (Lipinski definition) is 0. The third-order valence-electron chi connectivity index (χ3n) is 0.596. The maximum Gasteiger partial charge on any atom is 0.484 e. The summed E-state index contributed by atoms with van der Waals surface area (Å²) in [6.45, 7) is 7.07. The molecule has 0 spiro atoms. The van der Waals surface area contributed by atoms with Crippen LogP contribution >= 0.6 is 29.0 Å². The molecule has 0 saturated heterocycles. The largest absolute Gasteiger partial charge is 0.484 e. The zero-order valence-corrected chi connectivity index (χ0v) is 8.18. The molecule has 0 N–H and O–H groups in total. The highest BCUT2D eigenvalue weighted by molar-refractivity contribution is 8.84. The summed E-state index contributed by atoms with van der Waals surface area (Å²) in [6.07, 6.45) is 2.36. The fraction of sp³-hybridized carbons (Fsp3) is 0.333. The maximum atomic E-state index is 10.9. The van der Waals surface area contributed by atoms with E-state index in [0.29, 0.717) is 0 Å². The lowest BCUT2D eigenvalue weighted by atomic mass is 10.8. The highest BCUT2D eigenvalue weighted by atomic mass is 33.1. The van der Waals surface area contributed by atoms with Gasteiger partial charge < -0.3 is 0 Å². The van der Waals surface area contributed by atoms with E-state index < -0.39 is 6.20 Å². The van der Waals surface area contributed by atoms with E-state index >= 15 is 0 Å². The van der Waals surface area contributed by atoms with Gasteiger partial charge in [-0.1, -0.05) is 12.2 Å². The molecule has 56 valence electrons. The standard InChI is InChI=1S/C6H10OPS2/c1-3-5-9-8(7)10-6-4-2/h3-4H,1-2,5-6H2/q+1. The van der Waals surface area contributed by atoms with Crippen molar-refractivity contribution in [1.82, 2.24) is 0 Å². The second-order valence-electron chi connectivity index (χ2n) is 1.39. The first kappa shape index (κ1) is 10.3. The molecular formula is C6H10OPS2+. The van der Waals surface area contributed by atoms with Gasteiger partial charge in [-0.15, -0.1) is 13.2 Å². The molecule has 0 aromatic heterocycles. The third kappa shape index (κ3) is 6.40. The smallest absolute Gasteiger partial charge is 0.102 e. The van der Waals surface area contributed by atoms with Crippen LogP contribution in [0.3, 0.4) is 0 Å². The summed E-state index contributed by atoms with van der Waals surface area (Å²) in [7, 11) is 0. The third-order valence-corrected chi connectivity index (χ3v) is 5.84. The lowest BCUT2D eigenvalue weighted by Gasteiger charge is -1.77. The predicted octanol–water partition coefficient (Wildman–Crippen LogP) is 3.48. The molecule has 0 atom stereocenters. The van der Waals surface area contributed by atoms with Gasteiger partial charge in [0.1, 0.15) is 22.8 Å². The molecule has 0 rings (SSSR count). The van der Waals surface area contributed by atoms with Crippen LogP contribution in [0, 0.1) is 0 Å². The molecule has 0 radical (unpaired) electrons. The Hall–Kier alpha value is 0.280. The first-order valence-corrected chi connectivity index (χ1v) is 7.20. The Kier molecular flexibility index (Phi) is 7.59. The van der Waals surface area contributed by atoms with Crippen LogP contribution in [0.4, 0.5) is 0 Å². The zero-order chi connectivity index (χ0) is 7.82. The summed E-state index contributed by atoms with van der Waals surface area (Å²) in [5, 5.41) is 0. The molecule has 0 aliphatic heterocycles. The topological polar surface area (TPSA) is 17.1 Å². The van der Waals surface area contributed by atoms with Crippen LogP contribution in [-0.4, -0.2) is 11.5 Å². The van der Waals surface area contributed by atoms with E-state index in [2.05, 4.69) is 13.2 Å². The van der Waals surface area contributed by atoms with Gasteiger partial charge in [0.25, 0.3) is 0 Å². The van der Waals surface area contributed by atoms with Crippen molar-refractivity contribution in [2.24, 2.45) is 0 Å². The van der Waals surface area contributed by atoms with Crippen molar-refractivity contribution in [3.05, 3.63) is 25.3 Å². The van der Waals surface area contributed by atoms with Crippen molar-refractivity contribution in [2.75, 3.05) is 11.5 Å². The molecule has 10 heavy (non-hydrogen) atoms. The molecule has 4 heteroatoms. The normalized spacial score (nSPS) is 8.80. The Morgan fingerprint density at radius 1 is 1.20 bits per heavy atom. The van der Waals surface area contributed by atoms with Crippen LogP contribution in [0.2, 0.25) is 0 Å². The average Bonchev–Trinajstić information content (AvgIpc) is 1.97. The molecule has 0 amide bonds. The zero-order valence-electron chi connectivity index (χ0n) is 5.66. The highest BCUT2D eigenvalue weighted by Crippen LogP contribution is 2.49. The minimum Gasteiger partial charge on any atom is -0.102 e. The van der Waals surface area contributed by atoms with E-state index in [9.17, 15) is 4.57 Å². The molecule has 0 aliphatic carbocycles. The highest BCUT2D eigenvalue weighted by Gasteiger charge is 2.16. The van der Waals surface area contributed by atoms with Crippen LogP contribution in [0.5, 0.6) is 0 Å². The average molecular weight is 193 g/mol.